The maximum atomic E-state index is 5.40. The van der Waals surface area contributed by atoms with E-state index in [1.54, 1.807) is 0 Å². The maximum Gasteiger partial charge on any atom is 0.160 e. The van der Waals surface area contributed by atoms with E-state index in [2.05, 4.69) is 164 Å². The SMILES string of the molecule is c1ccc(-c2nc(-c3ccc4c(c3)sc3ccccc34)cc(-c3c4ccccc4c(-c4ccccc4)c4ccc5ccccc5c34)n2)cc1. The molecule has 0 aliphatic rings. The molecule has 0 saturated heterocycles. The molecule has 0 fully saturated rings. The van der Waals surface area contributed by atoms with Gasteiger partial charge in [-0.05, 0) is 56.3 Å². The average Bonchev–Trinajstić information content (AvgIpc) is 3.55. The topological polar surface area (TPSA) is 25.8 Å². The summed E-state index contributed by atoms with van der Waals surface area (Å²) in [5, 5.41) is 9.80. The third-order valence-electron chi connectivity index (χ3n) is 9.67. The van der Waals surface area contributed by atoms with Gasteiger partial charge in [-0.25, -0.2) is 9.97 Å². The lowest BCUT2D eigenvalue weighted by Gasteiger charge is -2.19. The van der Waals surface area contributed by atoms with Crippen molar-refractivity contribution in [2.24, 2.45) is 0 Å². The molecule has 0 aliphatic carbocycles. The summed E-state index contributed by atoms with van der Waals surface area (Å²) in [5.74, 6) is 0.717. The van der Waals surface area contributed by atoms with Gasteiger partial charge in [0.2, 0.25) is 0 Å². The van der Waals surface area contributed by atoms with E-state index in [4.69, 9.17) is 9.97 Å². The summed E-state index contributed by atoms with van der Waals surface area (Å²) < 4.78 is 2.56. The minimum Gasteiger partial charge on any atom is -0.228 e. The molecule has 10 aromatic rings. The molecular formula is C46H28N2S. The van der Waals surface area contributed by atoms with E-state index in [0.29, 0.717) is 5.82 Å². The van der Waals surface area contributed by atoms with Crippen molar-refractivity contribution in [1.29, 1.82) is 0 Å². The summed E-state index contributed by atoms with van der Waals surface area (Å²) in [6, 6.07) is 60.8. The number of fused-ring (bicyclic) bond motifs is 7. The van der Waals surface area contributed by atoms with Gasteiger partial charge in [-0.15, -0.1) is 11.3 Å². The highest BCUT2D eigenvalue weighted by molar-refractivity contribution is 7.25. The van der Waals surface area contributed by atoms with E-state index in [-0.39, 0.29) is 0 Å². The van der Waals surface area contributed by atoms with Crippen LogP contribution in [0.4, 0.5) is 0 Å². The van der Waals surface area contributed by atoms with Crippen LogP contribution < -0.4 is 0 Å². The molecule has 2 nitrogen and oxygen atoms in total. The lowest BCUT2D eigenvalue weighted by atomic mass is 9.85. The predicted molar refractivity (Wildman–Crippen MR) is 209 cm³/mol. The smallest absolute Gasteiger partial charge is 0.160 e. The Morgan fingerprint density at radius 2 is 0.939 bits per heavy atom. The van der Waals surface area contributed by atoms with Crippen molar-refractivity contribution in [3.8, 4) is 45.0 Å². The van der Waals surface area contributed by atoms with Crippen molar-refractivity contribution in [1.82, 2.24) is 9.97 Å². The van der Waals surface area contributed by atoms with Gasteiger partial charge in [0.1, 0.15) is 0 Å². The summed E-state index contributed by atoms with van der Waals surface area (Å²) in [4.78, 5) is 10.6. The van der Waals surface area contributed by atoms with E-state index in [1.165, 1.54) is 63.6 Å². The Bertz CT molecular complexity index is 2870. The first-order chi connectivity index (χ1) is 24.3. The molecule has 0 radical (unpaired) electrons. The van der Waals surface area contributed by atoms with Crippen LogP contribution in [0.15, 0.2) is 170 Å². The van der Waals surface area contributed by atoms with Crippen molar-refractivity contribution in [3.63, 3.8) is 0 Å². The Labute approximate surface area is 287 Å². The number of aromatic nitrogens is 2. The van der Waals surface area contributed by atoms with Crippen LogP contribution in [0, 0.1) is 0 Å². The number of benzene rings is 8. The zero-order valence-electron chi connectivity index (χ0n) is 26.5. The zero-order chi connectivity index (χ0) is 32.3. The maximum absolute atomic E-state index is 5.40. The number of thiophene rings is 1. The van der Waals surface area contributed by atoms with Crippen LogP contribution in [0.2, 0.25) is 0 Å². The van der Waals surface area contributed by atoms with Gasteiger partial charge in [0.05, 0.1) is 11.4 Å². The molecule has 0 saturated carbocycles. The molecule has 0 bridgehead atoms. The standard InChI is InChI=1S/C46H28N2S/c1-3-14-30(15-4-1)43-36-20-9-10-21-37(36)45(44-33-18-8-7-13-29(33)23-26-38(43)44)40-28-39(47-46(48-40)31-16-5-2-6-17-31)32-24-25-35-34-19-11-12-22-41(34)49-42(35)27-32/h1-28H. The summed E-state index contributed by atoms with van der Waals surface area (Å²) in [6.45, 7) is 0. The molecular weight excluding hydrogens is 613 g/mol. The molecule has 3 heteroatoms. The molecule has 8 aromatic carbocycles. The Hall–Kier alpha value is -6.16. The number of hydrogen-bond acceptors (Lipinski definition) is 3. The Morgan fingerprint density at radius 1 is 0.347 bits per heavy atom. The molecule has 228 valence electrons. The number of hydrogen-bond donors (Lipinski definition) is 0. The molecule has 0 aliphatic heterocycles. The van der Waals surface area contributed by atoms with Crippen LogP contribution in [0.3, 0.4) is 0 Å². The van der Waals surface area contributed by atoms with E-state index < -0.39 is 0 Å². The first kappa shape index (κ1) is 27.9. The minimum absolute atomic E-state index is 0.717. The fourth-order valence-corrected chi connectivity index (χ4v) is 8.60. The Kier molecular flexibility index (Phi) is 6.39. The first-order valence-corrected chi connectivity index (χ1v) is 17.4. The molecule has 0 atom stereocenters. The summed E-state index contributed by atoms with van der Waals surface area (Å²) >= 11 is 1.83. The molecule has 0 spiro atoms. The normalized spacial score (nSPS) is 11.7. The third kappa shape index (κ3) is 4.55. The monoisotopic (exact) mass is 640 g/mol. The highest BCUT2D eigenvalue weighted by Crippen LogP contribution is 2.46. The highest BCUT2D eigenvalue weighted by atomic mass is 32.1. The van der Waals surface area contributed by atoms with Gasteiger partial charge in [-0.2, -0.15) is 0 Å². The molecule has 10 rings (SSSR count). The lowest BCUT2D eigenvalue weighted by Crippen LogP contribution is -1.98. The van der Waals surface area contributed by atoms with E-state index in [9.17, 15) is 0 Å². The van der Waals surface area contributed by atoms with Crippen LogP contribution in [0.1, 0.15) is 0 Å². The fourth-order valence-electron chi connectivity index (χ4n) is 7.45. The van der Waals surface area contributed by atoms with Crippen molar-refractivity contribution in [2.75, 3.05) is 0 Å². The van der Waals surface area contributed by atoms with Gasteiger partial charge >= 0.3 is 0 Å². The lowest BCUT2D eigenvalue weighted by molar-refractivity contribution is 1.19. The van der Waals surface area contributed by atoms with Crippen molar-refractivity contribution >= 4 is 63.8 Å². The van der Waals surface area contributed by atoms with E-state index >= 15 is 0 Å². The van der Waals surface area contributed by atoms with E-state index in [0.717, 1.165) is 28.1 Å². The van der Waals surface area contributed by atoms with Gasteiger partial charge in [0.15, 0.2) is 5.82 Å². The molecule has 2 heterocycles. The Balaban J connectivity index is 1.33. The molecule has 49 heavy (non-hydrogen) atoms. The predicted octanol–water partition coefficient (Wildman–Crippen LogP) is 13.0. The molecule has 0 amide bonds. The third-order valence-corrected chi connectivity index (χ3v) is 10.8. The summed E-state index contributed by atoms with van der Waals surface area (Å²) in [7, 11) is 0. The average molecular weight is 641 g/mol. The zero-order valence-corrected chi connectivity index (χ0v) is 27.3. The van der Waals surface area contributed by atoms with Crippen molar-refractivity contribution < 1.29 is 0 Å². The highest BCUT2D eigenvalue weighted by Gasteiger charge is 2.21. The van der Waals surface area contributed by atoms with Crippen LogP contribution in [0.5, 0.6) is 0 Å². The fraction of sp³-hybridized carbons (Fsp3) is 0. The van der Waals surface area contributed by atoms with Gasteiger partial charge in [0, 0.05) is 42.2 Å². The van der Waals surface area contributed by atoms with Gasteiger partial charge < -0.3 is 0 Å². The van der Waals surface area contributed by atoms with Crippen LogP contribution in [0.25, 0.3) is 97.5 Å². The Morgan fingerprint density at radius 3 is 1.73 bits per heavy atom. The second kappa shape index (κ2) is 11.2. The first-order valence-electron chi connectivity index (χ1n) is 16.6. The number of rotatable bonds is 4. The van der Waals surface area contributed by atoms with Crippen molar-refractivity contribution in [2.45, 2.75) is 0 Å². The second-order valence-corrected chi connectivity index (χ2v) is 13.6. The van der Waals surface area contributed by atoms with Crippen molar-refractivity contribution in [3.05, 3.63) is 170 Å². The second-order valence-electron chi connectivity index (χ2n) is 12.5. The largest absolute Gasteiger partial charge is 0.228 e. The van der Waals surface area contributed by atoms with Crippen LogP contribution in [-0.2, 0) is 0 Å². The summed E-state index contributed by atoms with van der Waals surface area (Å²) in [6.07, 6.45) is 0. The quantitative estimate of drug-likeness (QED) is 0.141. The van der Waals surface area contributed by atoms with Crippen LogP contribution >= 0.6 is 11.3 Å². The van der Waals surface area contributed by atoms with Crippen LogP contribution in [-0.4, -0.2) is 9.97 Å². The molecule has 0 unspecified atom stereocenters. The molecule has 0 N–H and O–H groups in total. The van der Waals surface area contributed by atoms with Gasteiger partial charge in [0.25, 0.3) is 0 Å². The minimum atomic E-state index is 0.717. The van der Waals surface area contributed by atoms with E-state index in [1.807, 2.05) is 17.4 Å². The molecule has 2 aromatic heterocycles. The van der Waals surface area contributed by atoms with Gasteiger partial charge in [-0.1, -0.05) is 152 Å². The number of nitrogens with zero attached hydrogens (tertiary/aromatic N) is 2. The van der Waals surface area contributed by atoms with Gasteiger partial charge in [-0.3, -0.25) is 0 Å². The summed E-state index contributed by atoms with van der Waals surface area (Å²) in [5.41, 5.74) is 7.48.